The first kappa shape index (κ1) is 30.8. The molecule has 1 saturated heterocycles. The van der Waals surface area contributed by atoms with E-state index in [1.54, 1.807) is 11.1 Å². The lowest BCUT2D eigenvalue weighted by molar-refractivity contribution is -0.137. The second-order valence-electron chi connectivity index (χ2n) is 12.0. The van der Waals surface area contributed by atoms with E-state index in [1.807, 2.05) is 54.4 Å². The third kappa shape index (κ3) is 7.56. The molecule has 236 valence electrons. The van der Waals surface area contributed by atoms with Crippen molar-refractivity contribution in [2.24, 2.45) is 5.92 Å². The monoisotopic (exact) mass is 629 g/mol. The van der Waals surface area contributed by atoms with Gasteiger partial charge >= 0.3 is 0 Å². The van der Waals surface area contributed by atoms with Crippen LogP contribution in [0.1, 0.15) is 56.2 Å². The molecule has 2 fully saturated rings. The molecule has 2 aliphatic heterocycles. The van der Waals surface area contributed by atoms with E-state index in [9.17, 15) is 9.59 Å². The summed E-state index contributed by atoms with van der Waals surface area (Å²) in [5.74, 6) is 2.34. The largest absolute Gasteiger partial charge is 0.489 e. The number of piperidine rings is 1. The molecule has 0 radical (unpaired) electrons. The number of halogens is 1. The number of hydrogen-bond acceptors (Lipinski definition) is 8. The minimum atomic E-state index is -0.0336. The van der Waals surface area contributed by atoms with Gasteiger partial charge in [-0.3, -0.25) is 14.6 Å². The Hall–Kier alpha value is -4.18. The fraction of sp³-hybridized carbons (Fsp3) is 0.441. The molecule has 2 amide bonds. The van der Waals surface area contributed by atoms with E-state index < -0.39 is 0 Å². The third-order valence-electron chi connectivity index (χ3n) is 8.89. The maximum absolute atomic E-state index is 13.4. The molecular formula is C34H40ClN7O3. The van der Waals surface area contributed by atoms with Crippen LogP contribution in [0.15, 0.2) is 54.5 Å². The van der Waals surface area contributed by atoms with Crippen LogP contribution in [0.4, 0.5) is 17.3 Å². The number of pyridine rings is 1. The van der Waals surface area contributed by atoms with Crippen molar-refractivity contribution in [2.75, 3.05) is 43.9 Å². The van der Waals surface area contributed by atoms with Crippen molar-refractivity contribution in [1.82, 2.24) is 24.8 Å². The number of likely N-dealkylation sites (tertiary alicyclic amines) is 1. The molecule has 2 N–H and O–H groups in total. The van der Waals surface area contributed by atoms with Crippen LogP contribution in [-0.4, -0.2) is 75.9 Å². The number of benzene rings is 1. The van der Waals surface area contributed by atoms with Gasteiger partial charge in [0.15, 0.2) is 0 Å². The van der Waals surface area contributed by atoms with E-state index in [4.69, 9.17) is 16.3 Å². The molecule has 1 saturated carbocycles. The smallest absolute Gasteiger partial charge is 0.249 e. The molecule has 0 spiro atoms. The summed E-state index contributed by atoms with van der Waals surface area (Å²) in [6.45, 7) is 2.60. The van der Waals surface area contributed by atoms with Crippen molar-refractivity contribution in [3.05, 3.63) is 70.8 Å². The highest BCUT2D eigenvalue weighted by Gasteiger charge is 2.31. The molecule has 10 nitrogen and oxygen atoms in total. The Balaban J connectivity index is 1.09. The number of likely N-dealkylation sites (N-methyl/N-ethyl adjacent to an activating group) is 1. The van der Waals surface area contributed by atoms with Crippen LogP contribution in [0.3, 0.4) is 0 Å². The Bertz CT molecular complexity index is 1540. The van der Waals surface area contributed by atoms with E-state index in [-0.39, 0.29) is 17.9 Å². The summed E-state index contributed by atoms with van der Waals surface area (Å²) >= 11 is 6.68. The van der Waals surface area contributed by atoms with Gasteiger partial charge in [0.25, 0.3) is 0 Å². The second-order valence-corrected chi connectivity index (χ2v) is 12.4. The summed E-state index contributed by atoms with van der Waals surface area (Å²) in [5, 5.41) is 7.18. The average Bonchev–Trinajstić information content (AvgIpc) is 3.52. The molecular weight excluding hydrogens is 590 g/mol. The van der Waals surface area contributed by atoms with E-state index in [2.05, 4.69) is 25.6 Å². The highest BCUT2D eigenvalue weighted by molar-refractivity contribution is 6.32. The first-order chi connectivity index (χ1) is 21.9. The van der Waals surface area contributed by atoms with Gasteiger partial charge in [0, 0.05) is 81.6 Å². The first-order valence-electron chi connectivity index (χ1n) is 15.9. The summed E-state index contributed by atoms with van der Waals surface area (Å²) in [7, 11) is 1.82. The van der Waals surface area contributed by atoms with Crippen LogP contribution in [-0.2, 0) is 16.0 Å². The maximum Gasteiger partial charge on any atom is 0.249 e. The molecule has 3 aromatic rings. The predicted molar refractivity (Wildman–Crippen MR) is 176 cm³/mol. The molecule has 1 aliphatic carbocycles. The topological polar surface area (TPSA) is 113 Å². The zero-order chi connectivity index (χ0) is 31.2. The van der Waals surface area contributed by atoms with Gasteiger partial charge in [0.2, 0.25) is 11.8 Å². The zero-order valence-corrected chi connectivity index (χ0v) is 26.4. The molecule has 1 aromatic carbocycles. The Kier molecular flexibility index (Phi) is 9.78. The highest BCUT2D eigenvalue weighted by atomic mass is 35.5. The van der Waals surface area contributed by atoms with Gasteiger partial charge in [-0.25, -0.2) is 9.97 Å². The molecule has 11 heteroatoms. The standard InChI is InChI=1S/C34H40ClN7O3/c1-41(17-12-25-8-4-5-15-36-25)33(43)24-11-16-37-31-28(20-24)32(39-22-38-31)40-26-9-10-30(29(35)21-26)45-27-13-18-42(19-14-27)34(44)23-6-2-3-7-23/h4-5,8-10,15,20-23,27H,2-3,6-7,11-14,16-19H2,1H3,(H2,37,38,39,40). The van der Waals surface area contributed by atoms with E-state index >= 15 is 0 Å². The quantitative estimate of drug-likeness (QED) is 0.309. The highest BCUT2D eigenvalue weighted by Crippen LogP contribution is 2.34. The second kappa shape index (κ2) is 14.3. The van der Waals surface area contributed by atoms with E-state index in [0.29, 0.717) is 65.4 Å². The van der Waals surface area contributed by atoms with Crippen LogP contribution in [0.2, 0.25) is 5.02 Å². The number of fused-ring (bicyclic) bond motifs is 1. The lowest BCUT2D eigenvalue weighted by Gasteiger charge is -2.33. The number of nitrogens with one attached hydrogen (secondary N) is 2. The van der Waals surface area contributed by atoms with Crippen molar-refractivity contribution < 1.29 is 14.3 Å². The van der Waals surface area contributed by atoms with Gasteiger partial charge < -0.3 is 25.2 Å². The number of aromatic nitrogens is 3. The first-order valence-corrected chi connectivity index (χ1v) is 16.3. The number of ether oxygens (including phenoxy) is 1. The minimum Gasteiger partial charge on any atom is -0.489 e. The van der Waals surface area contributed by atoms with Gasteiger partial charge in [0.1, 0.15) is 29.8 Å². The fourth-order valence-electron chi connectivity index (χ4n) is 6.29. The number of anilines is 3. The van der Waals surface area contributed by atoms with Crippen molar-refractivity contribution in [3.63, 3.8) is 0 Å². The van der Waals surface area contributed by atoms with Crippen LogP contribution in [0, 0.1) is 5.92 Å². The summed E-state index contributed by atoms with van der Waals surface area (Å²) in [5.41, 5.74) is 3.08. The Labute approximate surface area is 269 Å². The molecule has 2 aromatic heterocycles. The van der Waals surface area contributed by atoms with Crippen LogP contribution in [0.5, 0.6) is 5.75 Å². The molecule has 3 aliphatic rings. The van der Waals surface area contributed by atoms with Gasteiger partial charge in [-0.15, -0.1) is 0 Å². The summed E-state index contributed by atoms with van der Waals surface area (Å²) in [6.07, 6.45) is 12.4. The number of nitrogens with zero attached hydrogens (tertiary/aromatic N) is 5. The molecule has 0 atom stereocenters. The molecule has 0 unspecified atom stereocenters. The normalized spacial score (nSPS) is 17.1. The maximum atomic E-state index is 13.4. The average molecular weight is 630 g/mol. The number of carbonyl (C=O) groups excluding carboxylic acids is 2. The summed E-state index contributed by atoms with van der Waals surface area (Å²) in [4.78, 5) is 43.2. The lowest BCUT2D eigenvalue weighted by Crippen LogP contribution is -2.44. The number of rotatable bonds is 9. The van der Waals surface area contributed by atoms with Crippen LogP contribution >= 0.6 is 11.6 Å². The Morgan fingerprint density at radius 1 is 1.09 bits per heavy atom. The molecule has 6 rings (SSSR count). The number of hydrogen-bond donors (Lipinski definition) is 2. The SMILES string of the molecule is CN(CCc1ccccn1)C(=O)C1=Cc2c(ncnc2Nc2ccc(OC3CCN(C(=O)C4CCCC4)CC3)c(Cl)c2)NCC1. The Morgan fingerprint density at radius 3 is 2.67 bits per heavy atom. The predicted octanol–water partition coefficient (Wildman–Crippen LogP) is 5.73. The number of amides is 2. The third-order valence-corrected chi connectivity index (χ3v) is 9.18. The van der Waals surface area contributed by atoms with Gasteiger partial charge in [-0.2, -0.15) is 0 Å². The minimum absolute atomic E-state index is 0.0147. The zero-order valence-electron chi connectivity index (χ0n) is 25.7. The van der Waals surface area contributed by atoms with Crippen molar-refractivity contribution >= 4 is 46.8 Å². The Morgan fingerprint density at radius 2 is 1.91 bits per heavy atom. The van der Waals surface area contributed by atoms with E-state index in [0.717, 1.165) is 50.2 Å². The lowest BCUT2D eigenvalue weighted by atomic mass is 10.0. The van der Waals surface area contributed by atoms with Crippen LogP contribution < -0.4 is 15.4 Å². The van der Waals surface area contributed by atoms with Gasteiger partial charge in [-0.05, 0) is 55.7 Å². The summed E-state index contributed by atoms with van der Waals surface area (Å²) in [6, 6.07) is 11.4. The summed E-state index contributed by atoms with van der Waals surface area (Å²) < 4.78 is 6.27. The molecule has 4 heterocycles. The van der Waals surface area contributed by atoms with Crippen molar-refractivity contribution in [2.45, 2.75) is 57.5 Å². The van der Waals surface area contributed by atoms with Crippen molar-refractivity contribution in [1.29, 1.82) is 0 Å². The molecule has 0 bridgehead atoms. The van der Waals surface area contributed by atoms with Crippen LogP contribution in [0.25, 0.3) is 6.08 Å². The number of carbonyl (C=O) groups is 2. The van der Waals surface area contributed by atoms with Gasteiger partial charge in [0.05, 0.1) is 10.6 Å². The van der Waals surface area contributed by atoms with E-state index in [1.165, 1.54) is 19.2 Å². The van der Waals surface area contributed by atoms with Gasteiger partial charge in [-0.1, -0.05) is 30.5 Å². The molecule has 45 heavy (non-hydrogen) atoms. The van der Waals surface area contributed by atoms with Crippen molar-refractivity contribution in [3.8, 4) is 5.75 Å². The fourth-order valence-corrected chi connectivity index (χ4v) is 6.52.